The fourth-order valence-corrected chi connectivity index (χ4v) is 1.83. The number of nitrogens with two attached hydrogens (primary N) is 1. The molecule has 0 saturated heterocycles. The normalized spacial score (nSPS) is 16.7. The molecule has 0 radical (unpaired) electrons. The molecule has 0 aliphatic heterocycles. The number of nitrogens with one attached hydrogen (secondary N) is 1. The second-order valence-electron chi connectivity index (χ2n) is 4.39. The number of phenolic OH excluding ortho intramolecular Hbond substituents is 1. The Kier molecular flexibility index (Phi) is 2.92. The molecule has 0 atom stereocenters. The molecule has 4 N–H and O–H groups in total. The van der Waals surface area contributed by atoms with Gasteiger partial charge in [-0.15, -0.1) is 0 Å². The van der Waals surface area contributed by atoms with Crippen LogP contribution in [0.25, 0.3) is 0 Å². The summed E-state index contributed by atoms with van der Waals surface area (Å²) in [5.74, 6) is -0.848. The topological polar surface area (TPSA) is 118 Å². The van der Waals surface area contributed by atoms with Gasteiger partial charge in [-0.2, -0.15) is 0 Å². The second-order valence-corrected chi connectivity index (χ2v) is 4.39. The average molecular weight is 251 g/mol. The molecule has 1 aliphatic rings. The number of amides is 1. The summed E-state index contributed by atoms with van der Waals surface area (Å²) in [6, 6.07) is 3.82. The molecule has 7 nitrogen and oxygen atoms in total. The number of nitro benzene ring substituents is 1. The molecule has 0 heterocycles. The summed E-state index contributed by atoms with van der Waals surface area (Å²) in [5.41, 5.74) is 4.27. The van der Waals surface area contributed by atoms with Gasteiger partial charge in [-0.05, 0) is 25.3 Å². The van der Waals surface area contributed by atoms with Gasteiger partial charge in [-0.1, -0.05) is 6.07 Å². The highest BCUT2D eigenvalue weighted by Gasteiger charge is 2.41. The maximum Gasteiger partial charge on any atom is 0.296 e. The van der Waals surface area contributed by atoms with Crippen molar-refractivity contribution in [1.29, 1.82) is 0 Å². The van der Waals surface area contributed by atoms with E-state index in [4.69, 9.17) is 5.73 Å². The number of aromatic hydroxyl groups is 1. The van der Waals surface area contributed by atoms with Crippen molar-refractivity contribution >= 4 is 17.3 Å². The summed E-state index contributed by atoms with van der Waals surface area (Å²) < 4.78 is 0. The Morgan fingerprint density at radius 3 is 2.67 bits per heavy atom. The summed E-state index contributed by atoms with van der Waals surface area (Å²) in [5, 5.41) is 22.7. The molecule has 1 amide bonds. The molecule has 1 fully saturated rings. The van der Waals surface area contributed by atoms with Gasteiger partial charge in [0.25, 0.3) is 5.69 Å². The molecule has 1 aliphatic carbocycles. The Morgan fingerprint density at radius 2 is 2.17 bits per heavy atom. The summed E-state index contributed by atoms with van der Waals surface area (Å²) in [6.07, 6.45) is 1.94. The van der Waals surface area contributed by atoms with Gasteiger partial charge in [-0.3, -0.25) is 14.9 Å². The van der Waals surface area contributed by atoms with Gasteiger partial charge in [0.05, 0.1) is 10.5 Å². The van der Waals surface area contributed by atoms with Crippen LogP contribution < -0.4 is 11.1 Å². The van der Waals surface area contributed by atoms with Gasteiger partial charge in [-0.25, -0.2) is 0 Å². The van der Waals surface area contributed by atoms with E-state index in [0.717, 1.165) is 6.42 Å². The van der Waals surface area contributed by atoms with Crippen LogP contribution in [0.5, 0.6) is 5.75 Å². The molecule has 0 spiro atoms. The Labute approximate surface area is 103 Å². The Bertz CT molecular complexity index is 511. The molecule has 1 saturated carbocycles. The van der Waals surface area contributed by atoms with Crippen LogP contribution >= 0.6 is 0 Å². The molecule has 1 aromatic rings. The summed E-state index contributed by atoms with van der Waals surface area (Å²) in [6.45, 7) is 0. The first kappa shape index (κ1) is 12.3. The molecular weight excluding hydrogens is 238 g/mol. The molecule has 0 bridgehead atoms. The monoisotopic (exact) mass is 251 g/mol. The molecule has 1 aromatic carbocycles. The first-order valence-electron chi connectivity index (χ1n) is 5.51. The van der Waals surface area contributed by atoms with Gasteiger partial charge >= 0.3 is 0 Å². The predicted octanol–water partition coefficient (Wildman–Crippen LogP) is 1.12. The van der Waals surface area contributed by atoms with Crippen LogP contribution in [0.3, 0.4) is 0 Å². The average Bonchev–Trinajstić information content (AvgIpc) is 2.28. The lowest BCUT2D eigenvalue weighted by Gasteiger charge is -2.36. The number of anilines is 1. The molecule has 7 heteroatoms. The Hall–Kier alpha value is -2.15. The summed E-state index contributed by atoms with van der Waals surface area (Å²) in [7, 11) is 0. The first-order valence-corrected chi connectivity index (χ1v) is 5.51. The van der Waals surface area contributed by atoms with E-state index in [1.54, 1.807) is 0 Å². The minimum Gasteiger partial charge on any atom is -0.505 e. The van der Waals surface area contributed by atoms with Crippen molar-refractivity contribution in [2.45, 2.75) is 24.8 Å². The lowest BCUT2D eigenvalue weighted by atomic mass is 9.77. The van der Waals surface area contributed by atoms with Crippen molar-refractivity contribution in [2.24, 2.45) is 5.73 Å². The Balaban J connectivity index is 2.28. The zero-order chi connectivity index (χ0) is 13.3. The van der Waals surface area contributed by atoms with Gasteiger partial charge in [0.2, 0.25) is 5.91 Å². The quantitative estimate of drug-likeness (QED) is 0.422. The fourth-order valence-electron chi connectivity index (χ4n) is 1.83. The highest BCUT2D eigenvalue weighted by Crippen LogP contribution is 2.36. The van der Waals surface area contributed by atoms with E-state index in [9.17, 15) is 20.0 Å². The Morgan fingerprint density at radius 1 is 1.50 bits per heavy atom. The number of phenols is 1. The fraction of sp³-hybridized carbons (Fsp3) is 0.364. The van der Waals surface area contributed by atoms with E-state index >= 15 is 0 Å². The van der Waals surface area contributed by atoms with Crippen LogP contribution in [0.1, 0.15) is 19.3 Å². The minimum absolute atomic E-state index is 0.204. The van der Waals surface area contributed by atoms with Crippen molar-refractivity contribution in [2.75, 3.05) is 5.32 Å². The molecule has 18 heavy (non-hydrogen) atoms. The number of carbonyl (C=O) groups excluding carboxylic acids is 1. The minimum atomic E-state index is -0.976. The van der Waals surface area contributed by atoms with E-state index in [0.29, 0.717) is 12.8 Å². The number of nitro groups is 1. The molecule has 2 rings (SSSR count). The van der Waals surface area contributed by atoms with Crippen molar-refractivity contribution in [3.8, 4) is 5.75 Å². The number of carbonyl (C=O) groups is 1. The third kappa shape index (κ3) is 2.00. The number of benzene rings is 1. The first-order chi connectivity index (χ1) is 8.44. The van der Waals surface area contributed by atoms with Gasteiger partial charge < -0.3 is 16.2 Å². The van der Waals surface area contributed by atoms with Gasteiger partial charge in [0.1, 0.15) is 5.75 Å². The summed E-state index contributed by atoms with van der Waals surface area (Å²) >= 11 is 0. The molecular formula is C11H13N3O4. The molecule has 0 aromatic heterocycles. The molecule has 96 valence electrons. The maximum atomic E-state index is 11.9. The van der Waals surface area contributed by atoms with E-state index < -0.39 is 16.4 Å². The van der Waals surface area contributed by atoms with Crippen molar-refractivity contribution < 1.29 is 14.8 Å². The third-order valence-corrected chi connectivity index (χ3v) is 3.15. The second kappa shape index (κ2) is 4.26. The highest BCUT2D eigenvalue weighted by molar-refractivity contribution is 6.01. The SMILES string of the molecule is NC1(C(=O)Nc2c(O)cccc2[N+](=O)[O-])CCC1. The van der Waals surface area contributed by atoms with Crippen LogP contribution in [0.4, 0.5) is 11.4 Å². The van der Waals surface area contributed by atoms with Crippen LogP contribution in [0, 0.1) is 10.1 Å². The van der Waals surface area contributed by atoms with Crippen LogP contribution in [0.15, 0.2) is 18.2 Å². The summed E-state index contributed by atoms with van der Waals surface area (Å²) in [4.78, 5) is 22.0. The van der Waals surface area contributed by atoms with Crippen molar-refractivity contribution in [1.82, 2.24) is 0 Å². The number of rotatable bonds is 3. The van der Waals surface area contributed by atoms with E-state index in [1.807, 2.05) is 0 Å². The highest BCUT2D eigenvalue weighted by atomic mass is 16.6. The van der Waals surface area contributed by atoms with Gasteiger partial charge in [0, 0.05) is 6.07 Å². The van der Waals surface area contributed by atoms with E-state index in [1.165, 1.54) is 18.2 Å². The standard InChI is InChI=1S/C11H13N3O4/c12-11(5-2-6-11)10(16)13-9-7(14(17)18)3-1-4-8(9)15/h1,3-4,15H,2,5-6,12H2,(H,13,16). The number of hydrogen-bond donors (Lipinski definition) is 3. The van der Waals surface area contributed by atoms with Crippen molar-refractivity contribution in [3.05, 3.63) is 28.3 Å². The zero-order valence-electron chi connectivity index (χ0n) is 9.55. The lowest BCUT2D eigenvalue weighted by molar-refractivity contribution is -0.384. The molecule has 0 unspecified atom stereocenters. The maximum absolute atomic E-state index is 11.9. The van der Waals surface area contributed by atoms with Crippen molar-refractivity contribution in [3.63, 3.8) is 0 Å². The lowest BCUT2D eigenvalue weighted by Crippen LogP contribution is -2.56. The third-order valence-electron chi connectivity index (χ3n) is 3.15. The number of nitrogens with zero attached hydrogens (tertiary/aromatic N) is 1. The van der Waals surface area contributed by atoms with Crippen LogP contribution in [-0.4, -0.2) is 21.5 Å². The van der Waals surface area contributed by atoms with E-state index in [-0.39, 0.29) is 17.1 Å². The van der Waals surface area contributed by atoms with E-state index in [2.05, 4.69) is 5.32 Å². The van der Waals surface area contributed by atoms with Crippen LogP contribution in [-0.2, 0) is 4.79 Å². The zero-order valence-corrected chi connectivity index (χ0v) is 9.55. The predicted molar refractivity (Wildman–Crippen MR) is 64.2 cm³/mol. The number of hydrogen-bond acceptors (Lipinski definition) is 5. The van der Waals surface area contributed by atoms with Gasteiger partial charge in [0.15, 0.2) is 5.69 Å². The smallest absolute Gasteiger partial charge is 0.296 e. The largest absolute Gasteiger partial charge is 0.505 e. The van der Waals surface area contributed by atoms with Crippen LogP contribution in [0.2, 0.25) is 0 Å². The number of para-hydroxylation sites is 1.